The number of hydrogen-bond donors (Lipinski definition) is 0. The summed E-state index contributed by atoms with van der Waals surface area (Å²) in [5.41, 5.74) is 0. The zero-order valence-corrected chi connectivity index (χ0v) is 12.6. The number of rotatable bonds is 10. The van der Waals surface area contributed by atoms with Crippen molar-refractivity contribution >= 4 is 14.8 Å². The van der Waals surface area contributed by atoms with E-state index in [1.54, 1.807) is 0 Å². The van der Waals surface area contributed by atoms with E-state index in [4.69, 9.17) is 13.3 Å². The lowest BCUT2D eigenvalue weighted by molar-refractivity contribution is -0.136. The SMILES string of the molecule is CCCCCC[Si](OCC)(OCC)OC(C)=O. The Morgan fingerprint density at radius 1 is 1.00 bits per heavy atom. The number of carbonyl (C=O) groups excluding carboxylic acids is 1. The Morgan fingerprint density at radius 2 is 1.59 bits per heavy atom. The summed E-state index contributed by atoms with van der Waals surface area (Å²) >= 11 is 0. The molecule has 0 aromatic carbocycles. The molecular formula is C12H26O4Si. The maximum atomic E-state index is 11.2. The van der Waals surface area contributed by atoms with Crippen LogP contribution in [0.5, 0.6) is 0 Å². The van der Waals surface area contributed by atoms with Crippen molar-refractivity contribution in [2.75, 3.05) is 13.2 Å². The average molecular weight is 262 g/mol. The summed E-state index contributed by atoms with van der Waals surface area (Å²) in [6.07, 6.45) is 4.51. The summed E-state index contributed by atoms with van der Waals surface area (Å²) in [6.45, 7) is 8.42. The highest BCUT2D eigenvalue weighted by Crippen LogP contribution is 2.20. The van der Waals surface area contributed by atoms with Crippen molar-refractivity contribution in [3.63, 3.8) is 0 Å². The molecule has 0 rings (SSSR count). The zero-order chi connectivity index (χ0) is 13.1. The van der Waals surface area contributed by atoms with Gasteiger partial charge in [-0.15, -0.1) is 0 Å². The molecule has 0 amide bonds. The van der Waals surface area contributed by atoms with Gasteiger partial charge < -0.3 is 13.3 Å². The van der Waals surface area contributed by atoms with Gasteiger partial charge in [-0.05, 0) is 20.3 Å². The van der Waals surface area contributed by atoms with Crippen LogP contribution in [0.3, 0.4) is 0 Å². The molecule has 0 aromatic heterocycles. The number of hydrogen-bond acceptors (Lipinski definition) is 4. The van der Waals surface area contributed by atoms with Crippen molar-refractivity contribution in [1.29, 1.82) is 0 Å². The van der Waals surface area contributed by atoms with E-state index in [9.17, 15) is 4.79 Å². The van der Waals surface area contributed by atoms with Crippen molar-refractivity contribution in [3.05, 3.63) is 0 Å². The molecule has 0 fully saturated rings. The highest BCUT2D eigenvalue weighted by Gasteiger charge is 2.43. The maximum Gasteiger partial charge on any atom is 0.567 e. The lowest BCUT2D eigenvalue weighted by atomic mass is 10.2. The van der Waals surface area contributed by atoms with Crippen LogP contribution >= 0.6 is 0 Å². The molecule has 17 heavy (non-hydrogen) atoms. The minimum Gasteiger partial charge on any atom is -0.473 e. The predicted molar refractivity (Wildman–Crippen MR) is 69.7 cm³/mol. The quantitative estimate of drug-likeness (QED) is 0.448. The lowest BCUT2D eigenvalue weighted by Gasteiger charge is -2.27. The van der Waals surface area contributed by atoms with Gasteiger partial charge in [0.1, 0.15) is 0 Å². The molecule has 0 aromatic rings. The first kappa shape index (κ1) is 16.6. The van der Waals surface area contributed by atoms with E-state index in [1.807, 2.05) is 13.8 Å². The maximum absolute atomic E-state index is 11.2. The first-order valence-electron chi connectivity index (χ1n) is 6.57. The monoisotopic (exact) mass is 262 g/mol. The normalized spacial score (nSPS) is 11.5. The second-order valence-electron chi connectivity index (χ2n) is 3.95. The van der Waals surface area contributed by atoms with Gasteiger partial charge in [0.05, 0.1) is 0 Å². The largest absolute Gasteiger partial charge is 0.567 e. The fourth-order valence-electron chi connectivity index (χ4n) is 1.72. The van der Waals surface area contributed by atoms with E-state index in [0.29, 0.717) is 13.2 Å². The summed E-state index contributed by atoms with van der Waals surface area (Å²) in [6, 6.07) is 0.730. The van der Waals surface area contributed by atoms with Gasteiger partial charge in [0, 0.05) is 26.2 Å². The Bertz CT molecular complexity index is 203. The van der Waals surface area contributed by atoms with Gasteiger partial charge in [-0.2, -0.15) is 0 Å². The van der Waals surface area contributed by atoms with Crippen LogP contribution in [0.1, 0.15) is 53.4 Å². The van der Waals surface area contributed by atoms with Crippen molar-refractivity contribution in [3.8, 4) is 0 Å². The van der Waals surface area contributed by atoms with Gasteiger partial charge in [-0.1, -0.05) is 26.2 Å². The van der Waals surface area contributed by atoms with E-state index >= 15 is 0 Å². The summed E-state index contributed by atoms with van der Waals surface area (Å²) in [5.74, 6) is -0.311. The van der Waals surface area contributed by atoms with E-state index in [1.165, 1.54) is 19.8 Å². The van der Waals surface area contributed by atoms with Gasteiger partial charge in [0.2, 0.25) is 0 Å². The van der Waals surface area contributed by atoms with Gasteiger partial charge in [-0.25, -0.2) is 0 Å². The summed E-state index contributed by atoms with van der Waals surface area (Å²) in [7, 11) is -2.76. The van der Waals surface area contributed by atoms with Gasteiger partial charge in [0.25, 0.3) is 5.97 Å². The van der Waals surface area contributed by atoms with Crippen LogP contribution in [0, 0.1) is 0 Å². The topological polar surface area (TPSA) is 44.8 Å². The Kier molecular flexibility index (Phi) is 9.40. The van der Waals surface area contributed by atoms with Crippen LogP contribution < -0.4 is 0 Å². The molecule has 0 radical (unpaired) electrons. The standard InChI is InChI=1S/C12H26O4Si/c1-5-8-9-10-11-17(14-6-2,15-7-3)16-12(4)13/h5-11H2,1-4H3. The molecular weight excluding hydrogens is 236 g/mol. The number of carbonyl (C=O) groups is 1. The van der Waals surface area contributed by atoms with Crippen LogP contribution in [-0.2, 0) is 18.1 Å². The first-order valence-corrected chi connectivity index (χ1v) is 8.50. The molecule has 0 heterocycles. The Balaban J connectivity index is 4.36. The molecule has 4 nitrogen and oxygen atoms in total. The minimum absolute atomic E-state index is 0.311. The van der Waals surface area contributed by atoms with Gasteiger partial charge >= 0.3 is 8.80 Å². The van der Waals surface area contributed by atoms with Crippen molar-refractivity contribution in [1.82, 2.24) is 0 Å². The van der Waals surface area contributed by atoms with Crippen LogP contribution in [0.15, 0.2) is 0 Å². The van der Waals surface area contributed by atoms with Crippen molar-refractivity contribution < 1.29 is 18.1 Å². The second kappa shape index (κ2) is 9.62. The smallest absolute Gasteiger partial charge is 0.473 e. The molecule has 0 saturated carbocycles. The van der Waals surface area contributed by atoms with Crippen LogP contribution in [0.2, 0.25) is 6.04 Å². The summed E-state index contributed by atoms with van der Waals surface area (Å²) in [4.78, 5) is 11.2. The fourth-order valence-corrected chi connectivity index (χ4v) is 4.32. The lowest BCUT2D eigenvalue weighted by Crippen LogP contribution is -2.47. The van der Waals surface area contributed by atoms with E-state index in [0.717, 1.165) is 18.9 Å². The second-order valence-corrected chi connectivity index (χ2v) is 6.60. The summed E-state index contributed by atoms with van der Waals surface area (Å²) in [5, 5.41) is 0. The predicted octanol–water partition coefficient (Wildman–Crippen LogP) is 3.14. The molecule has 0 saturated heterocycles. The third-order valence-corrected chi connectivity index (χ3v) is 5.39. The Labute approximate surface area is 106 Å². The minimum atomic E-state index is -2.76. The highest BCUT2D eigenvalue weighted by molar-refractivity contribution is 6.62. The number of unbranched alkanes of at least 4 members (excludes halogenated alkanes) is 3. The molecule has 0 atom stereocenters. The molecule has 0 aliphatic carbocycles. The van der Waals surface area contributed by atoms with Crippen molar-refractivity contribution in [2.45, 2.75) is 59.4 Å². The van der Waals surface area contributed by atoms with Crippen LogP contribution in [-0.4, -0.2) is 28.0 Å². The third-order valence-electron chi connectivity index (χ3n) is 2.36. The fraction of sp³-hybridized carbons (Fsp3) is 0.917. The van der Waals surface area contributed by atoms with Crippen LogP contribution in [0.25, 0.3) is 0 Å². The Hall–Kier alpha value is -0.393. The molecule has 0 unspecified atom stereocenters. The average Bonchev–Trinajstić information content (AvgIpc) is 2.24. The van der Waals surface area contributed by atoms with Crippen LogP contribution in [0.4, 0.5) is 0 Å². The molecule has 5 heteroatoms. The molecule has 0 spiro atoms. The summed E-state index contributed by atoms with van der Waals surface area (Å²) < 4.78 is 16.6. The molecule has 0 N–H and O–H groups in total. The molecule has 0 aliphatic rings. The highest BCUT2D eigenvalue weighted by atomic mass is 28.4. The molecule has 0 bridgehead atoms. The van der Waals surface area contributed by atoms with E-state index < -0.39 is 8.80 Å². The van der Waals surface area contributed by atoms with E-state index in [2.05, 4.69) is 6.92 Å². The van der Waals surface area contributed by atoms with Crippen molar-refractivity contribution in [2.24, 2.45) is 0 Å². The molecule has 102 valence electrons. The molecule has 0 aliphatic heterocycles. The zero-order valence-electron chi connectivity index (χ0n) is 11.6. The Morgan fingerprint density at radius 3 is 2.00 bits per heavy atom. The van der Waals surface area contributed by atoms with Gasteiger partial charge in [0.15, 0.2) is 0 Å². The van der Waals surface area contributed by atoms with Gasteiger partial charge in [-0.3, -0.25) is 4.79 Å². The van der Waals surface area contributed by atoms with E-state index in [-0.39, 0.29) is 5.97 Å². The third kappa shape index (κ3) is 7.52. The first-order chi connectivity index (χ1) is 8.10.